The standard InChI is InChI=1S/C13H24N4O2S3/c1-3-15-13(16-8-4-5-9-20-2)17-10-11-6-7-12(21-11)22(14,18)19/h6-7H,3-5,8-10H2,1-2H3,(H2,14,18,19)(H2,15,16,17). The second-order valence-electron chi connectivity index (χ2n) is 4.59. The molecule has 4 N–H and O–H groups in total. The predicted molar refractivity (Wildman–Crippen MR) is 96.1 cm³/mol. The molecule has 0 unspecified atom stereocenters. The highest BCUT2D eigenvalue weighted by Crippen LogP contribution is 2.20. The van der Waals surface area contributed by atoms with Gasteiger partial charge in [0.05, 0.1) is 6.54 Å². The molecular formula is C13H24N4O2S3. The number of guanidine groups is 1. The van der Waals surface area contributed by atoms with Crippen molar-refractivity contribution in [2.24, 2.45) is 10.1 Å². The fraction of sp³-hybridized carbons (Fsp3) is 0.615. The maximum Gasteiger partial charge on any atom is 0.247 e. The Bertz CT molecular complexity index is 570. The van der Waals surface area contributed by atoms with Gasteiger partial charge in [-0.2, -0.15) is 11.8 Å². The molecule has 0 aliphatic carbocycles. The minimum Gasteiger partial charge on any atom is -0.357 e. The summed E-state index contributed by atoms with van der Waals surface area (Å²) in [6.45, 7) is 4.10. The van der Waals surface area contributed by atoms with Gasteiger partial charge in [-0.05, 0) is 43.9 Å². The van der Waals surface area contributed by atoms with Crippen LogP contribution in [0.4, 0.5) is 0 Å². The predicted octanol–water partition coefficient (Wildman–Crippen LogP) is 1.59. The summed E-state index contributed by atoms with van der Waals surface area (Å²) in [5, 5.41) is 11.6. The molecule has 0 saturated carbocycles. The van der Waals surface area contributed by atoms with Gasteiger partial charge in [-0.15, -0.1) is 11.3 Å². The van der Waals surface area contributed by atoms with Crippen molar-refractivity contribution in [3.63, 3.8) is 0 Å². The molecule has 1 aromatic heterocycles. The summed E-state index contributed by atoms with van der Waals surface area (Å²) in [5.41, 5.74) is 0. The number of primary sulfonamides is 1. The lowest BCUT2D eigenvalue weighted by Crippen LogP contribution is -2.37. The maximum absolute atomic E-state index is 11.2. The van der Waals surface area contributed by atoms with E-state index in [-0.39, 0.29) is 4.21 Å². The van der Waals surface area contributed by atoms with Crippen LogP contribution in [0.3, 0.4) is 0 Å². The zero-order valence-corrected chi connectivity index (χ0v) is 15.4. The number of nitrogens with zero attached hydrogens (tertiary/aromatic N) is 1. The zero-order chi connectivity index (χ0) is 16.4. The first kappa shape index (κ1) is 19.3. The topological polar surface area (TPSA) is 96.6 Å². The van der Waals surface area contributed by atoms with E-state index in [1.54, 1.807) is 6.07 Å². The molecule has 0 amide bonds. The number of aliphatic imine (C=N–C) groups is 1. The van der Waals surface area contributed by atoms with Gasteiger partial charge in [-0.25, -0.2) is 18.5 Å². The van der Waals surface area contributed by atoms with Gasteiger partial charge in [0.1, 0.15) is 4.21 Å². The van der Waals surface area contributed by atoms with E-state index in [4.69, 9.17) is 5.14 Å². The van der Waals surface area contributed by atoms with Crippen LogP contribution in [0.5, 0.6) is 0 Å². The molecule has 1 rings (SSSR count). The highest BCUT2D eigenvalue weighted by Gasteiger charge is 2.10. The Morgan fingerprint density at radius 2 is 2.14 bits per heavy atom. The largest absolute Gasteiger partial charge is 0.357 e. The third-order valence-electron chi connectivity index (χ3n) is 2.72. The molecule has 1 aromatic rings. The van der Waals surface area contributed by atoms with Crippen LogP contribution in [0, 0.1) is 0 Å². The smallest absolute Gasteiger partial charge is 0.247 e. The molecule has 0 spiro atoms. The normalized spacial score (nSPS) is 12.4. The van der Waals surface area contributed by atoms with Crippen molar-refractivity contribution in [1.29, 1.82) is 0 Å². The van der Waals surface area contributed by atoms with Crippen LogP contribution in [0.1, 0.15) is 24.6 Å². The van der Waals surface area contributed by atoms with Gasteiger partial charge in [-0.1, -0.05) is 0 Å². The first-order chi connectivity index (χ1) is 10.5. The van der Waals surface area contributed by atoms with Gasteiger partial charge in [0.15, 0.2) is 5.96 Å². The second-order valence-corrected chi connectivity index (χ2v) is 8.53. The van der Waals surface area contributed by atoms with Crippen molar-refractivity contribution < 1.29 is 8.42 Å². The van der Waals surface area contributed by atoms with Crippen LogP contribution in [0.15, 0.2) is 21.3 Å². The van der Waals surface area contributed by atoms with E-state index in [9.17, 15) is 8.42 Å². The fourth-order valence-corrected chi connectivity index (χ4v) is 3.87. The summed E-state index contributed by atoms with van der Waals surface area (Å²) >= 11 is 3.01. The molecule has 1 heterocycles. The number of hydrogen-bond donors (Lipinski definition) is 3. The quantitative estimate of drug-likeness (QED) is 0.351. The average molecular weight is 365 g/mol. The third kappa shape index (κ3) is 7.48. The molecule has 0 aliphatic rings. The lowest BCUT2D eigenvalue weighted by Gasteiger charge is -2.10. The first-order valence-electron chi connectivity index (χ1n) is 7.10. The van der Waals surface area contributed by atoms with E-state index in [2.05, 4.69) is 21.9 Å². The summed E-state index contributed by atoms with van der Waals surface area (Å²) in [6, 6.07) is 3.27. The van der Waals surface area contributed by atoms with E-state index in [0.717, 1.165) is 41.7 Å². The number of thioether (sulfide) groups is 1. The molecule has 22 heavy (non-hydrogen) atoms. The molecule has 0 bridgehead atoms. The molecule has 0 aliphatic heterocycles. The maximum atomic E-state index is 11.2. The van der Waals surface area contributed by atoms with Gasteiger partial charge in [0.2, 0.25) is 10.0 Å². The number of hydrogen-bond acceptors (Lipinski definition) is 5. The number of nitrogens with two attached hydrogens (primary N) is 1. The monoisotopic (exact) mass is 364 g/mol. The summed E-state index contributed by atoms with van der Waals surface area (Å²) in [6.07, 6.45) is 4.38. The molecule has 9 heteroatoms. The van der Waals surface area contributed by atoms with Crippen molar-refractivity contribution >= 4 is 39.1 Å². The van der Waals surface area contributed by atoms with Crippen LogP contribution in [0.25, 0.3) is 0 Å². The van der Waals surface area contributed by atoms with Gasteiger partial charge in [-0.3, -0.25) is 0 Å². The first-order valence-corrected chi connectivity index (χ1v) is 10.9. The molecule has 0 fully saturated rings. The molecule has 126 valence electrons. The highest BCUT2D eigenvalue weighted by atomic mass is 32.2. The van der Waals surface area contributed by atoms with Gasteiger partial charge in [0.25, 0.3) is 0 Å². The van der Waals surface area contributed by atoms with Gasteiger partial charge >= 0.3 is 0 Å². The van der Waals surface area contributed by atoms with E-state index >= 15 is 0 Å². The second kappa shape index (κ2) is 10.1. The number of sulfonamides is 1. The Hall–Kier alpha value is -0.770. The van der Waals surface area contributed by atoms with Crippen LogP contribution in [0.2, 0.25) is 0 Å². The number of unbranched alkanes of at least 4 members (excludes halogenated alkanes) is 1. The fourth-order valence-electron chi connectivity index (χ4n) is 1.67. The molecular weight excluding hydrogens is 340 g/mol. The minimum absolute atomic E-state index is 0.174. The third-order valence-corrected chi connectivity index (χ3v) is 5.93. The van der Waals surface area contributed by atoms with Crippen LogP contribution in [-0.2, 0) is 16.6 Å². The van der Waals surface area contributed by atoms with E-state index in [1.807, 2.05) is 18.7 Å². The number of nitrogens with one attached hydrogen (secondary N) is 2. The lowest BCUT2D eigenvalue weighted by atomic mass is 10.3. The van der Waals surface area contributed by atoms with Crippen molar-refractivity contribution in [2.75, 3.05) is 25.1 Å². The van der Waals surface area contributed by atoms with Gasteiger partial charge in [0, 0.05) is 18.0 Å². The Morgan fingerprint density at radius 1 is 1.36 bits per heavy atom. The number of thiophene rings is 1. The van der Waals surface area contributed by atoms with Crippen molar-refractivity contribution in [2.45, 2.75) is 30.5 Å². The summed E-state index contributed by atoms with van der Waals surface area (Å²) in [4.78, 5) is 5.33. The average Bonchev–Trinajstić information content (AvgIpc) is 2.93. The van der Waals surface area contributed by atoms with Gasteiger partial charge < -0.3 is 10.6 Å². The molecule has 0 aromatic carbocycles. The lowest BCUT2D eigenvalue weighted by molar-refractivity contribution is 0.600. The highest BCUT2D eigenvalue weighted by molar-refractivity contribution is 7.98. The summed E-state index contributed by atoms with van der Waals surface area (Å²) in [5.74, 6) is 1.91. The summed E-state index contributed by atoms with van der Waals surface area (Å²) < 4.78 is 22.7. The number of rotatable bonds is 9. The van der Waals surface area contributed by atoms with E-state index in [0.29, 0.717) is 6.54 Å². The molecule has 0 atom stereocenters. The molecule has 0 saturated heterocycles. The van der Waals surface area contributed by atoms with E-state index < -0.39 is 10.0 Å². The Morgan fingerprint density at radius 3 is 2.73 bits per heavy atom. The Kier molecular flexibility index (Phi) is 8.84. The van der Waals surface area contributed by atoms with Crippen molar-refractivity contribution in [3.8, 4) is 0 Å². The Labute approximate surface area is 141 Å². The van der Waals surface area contributed by atoms with Crippen molar-refractivity contribution in [1.82, 2.24) is 10.6 Å². The SMILES string of the molecule is CCNC(=NCc1ccc(S(N)(=O)=O)s1)NCCCCSC. The Balaban J connectivity index is 2.52. The molecule has 0 radical (unpaired) electrons. The van der Waals surface area contributed by atoms with Crippen LogP contribution >= 0.6 is 23.1 Å². The van der Waals surface area contributed by atoms with E-state index in [1.165, 1.54) is 18.2 Å². The molecule has 6 nitrogen and oxygen atoms in total. The van der Waals surface area contributed by atoms with Crippen LogP contribution < -0.4 is 15.8 Å². The zero-order valence-electron chi connectivity index (χ0n) is 13.0. The van der Waals surface area contributed by atoms with Crippen molar-refractivity contribution in [3.05, 3.63) is 17.0 Å². The summed E-state index contributed by atoms with van der Waals surface area (Å²) in [7, 11) is -3.62. The van der Waals surface area contributed by atoms with Crippen LogP contribution in [-0.4, -0.2) is 39.5 Å². The minimum atomic E-state index is -3.62.